The lowest BCUT2D eigenvalue weighted by molar-refractivity contribution is -0.113. The molecular weight excluding hydrogens is 371 g/mol. The van der Waals surface area contributed by atoms with Crippen LogP contribution in [0.15, 0.2) is 45.8 Å². The number of benzene rings is 1. The van der Waals surface area contributed by atoms with Gasteiger partial charge in [-0.05, 0) is 23.4 Å². The van der Waals surface area contributed by atoms with E-state index in [4.69, 9.17) is 0 Å². The van der Waals surface area contributed by atoms with Gasteiger partial charge >= 0.3 is 0 Å². The van der Waals surface area contributed by atoms with E-state index in [9.17, 15) is 18.0 Å². The highest BCUT2D eigenvalue weighted by molar-refractivity contribution is 8.11. The molecule has 3 rings (SSSR count). The molecule has 0 fully saturated rings. The zero-order chi connectivity index (χ0) is 18.1. The van der Waals surface area contributed by atoms with Crippen LogP contribution in [-0.4, -0.2) is 28.8 Å². The number of thiophene rings is 1. The minimum atomic E-state index is -1.58. The third-order valence-corrected chi connectivity index (χ3v) is 5.51. The lowest BCUT2D eigenvalue weighted by Gasteiger charge is -2.26. The topological polar surface area (TPSA) is 44.7 Å². The highest BCUT2D eigenvalue weighted by Gasteiger charge is 2.23. The second-order valence-corrected chi connectivity index (χ2v) is 7.39. The summed E-state index contributed by atoms with van der Waals surface area (Å²) in [4.78, 5) is 13.4. The Morgan fingerprint density at radius 2 is 2.00 bits per heavy atom. The van der Waals surface area contributed by atoms with Crippen molar-refractivity contribution in [3.8, 4) is 0 Å². The molecule has 1 aliphatic heterocycles. The maximum atomic E-state index is 13.3. The SMILES string of the molecule is C=S1N=C(c2cccs2)C=C(C(=O)Nc2cc(F)c(F)c(F)c2)N1C. The fourth-order valence-electron chi connectivity index (χ4n) is 2.11. The van der Waals surface area contributed by atoms with Crippen LogP contribution in [0.5, 0.6) is 0 Å². The van der Waals surface area contributed by atoms with Gasteiger partial charge in [0.25, 0.3) is 5.91 Å². The monoisotopic (exact) mass is 383 g/mol. The number of carbonyl (C=O) groups is 1. The van der Waals surface area contributed by atoms with Gasteiger partial charge in [0, 0.05) is 35.7 Å². The van der Waals surface area contributed by atoms with Crippen LogP contribution in [0.3, 0.4) is 0 Å². The fourth-order valence-corrected chi connectivity index (χ4v) is 3.71. The molecule has 0 aliphatic carbocycles. The first-order valence-corrected chi connectivity index (χ1v) is 9.13. The molecule has 0 spiro atoms. The van der Waals surface area contributed by atoms with Crippen molar-refractivity contribution in [2.75, 3.05) is 12.4 Å². The van der Waals surface area contributed by atoms with Crippen molar-refractivity contribution in [2.24, 2.45) is 4.40 Å². The quantitative estimate of drug-likeness (QED) is 0.644. The van der Waals surface area contributed by atoms with Gasteiger partial charge in [0.1, 0.15) is 5.70 Å². The predicted molar refractivity (Wildman–Crippen MR) is 96.4 cm³/mol. The van der Waals surface area contributed by atoms with Crippen molar-refractivity contribution in [2.45, 2.75) is 0 Å². The molecule has 1 N–H and O–H groups in total. The van der Waals surface area contributed by atoms with Crippen LogP contribution in [0.4, 0.5) is 18.9 Å². The van der Waals surface area contributed by atoms with Crippen LogP contribution in [0.1, 0.15) is 4.88 Å². The number of anilines is 1. The zero-order valence-corrected chi connectivity index (χ0v) is 14.6. The Hall–Kier alpha value is -2.39. The minimum absolute atomic E-state index is 0.181. The summed E-state index contributed by atoms with van der Waals surface area (Å²) < 4.78 is 45.6. The normalized spacial score (nSPS) is 17.1. The number of carbonyl (C=O) groups excluding carboxylic acids is 1. The van der Waals surface area contributed by atoms with Gasteiger partial charge in [-0.25, -0.2) is 17.6 Å². The van der Waals surface area contributed by atoms with E-state index in [0.717, 1.165) is 17.0 Å². The Bertz CT molecular complexity index is 900. The number of halogens is 3. The van der Waals surface area contributed by atoms with Gasteiger partial charge in [-0.2, -0.15) is 0 Å². The summed E-state index contributed by atoms with van der Waals surface area (Å²) in [6, 6.07) is 5.17. The van der Waals surface area contributed by atoms with Crippen molar-refractivity contribution in [3.63, 3.8) is 0 Å². The minimum Gasteiger partial charge on any atom is -0.320 e. The molecule has 9 heteroatoms. The first-order valence-electron chi connectivity index (χ1n) is 6.95. The number of likely N-dealkylation sites (N-methyl/N-ethyl adjacent to an activating group) is 1. The number of nitrogens with one attached hydrogen (secondary N) is 1. The van der Waals surface area contributed by atoms with E-state index in [1.807, 2.05) is 17.5 Å². The van der Waals surface area contributed by atoms with Crippen LogP contribution in [0.25, 0.3) is 0 Å². The van der Waals surface area contributed by atoms with E-state index < -0.39 is 34.2 Å². The molecule has 25 heavy (non-hydrogen) atoms. The number of amides is 1. The van der Waals surface area contributed by atoms with E-state index in [-0.39, 0.29) is 11.4 Å². The fraction of sp³-hybridized carbons (Fsp3) is 0.0625. The summed E-state index contributed by atoms with van der Waals surface area (Å²) in [5.74, 6) is -1.04. The second-order valence-electron chi connectivity index (χ2n) is 5.03. The molecule has 0 radical (unpaired) electrons. The van der Waals surface area contributed by atoms with Gasteiger partial charge < -0.3 is 9.62 Å². The van der Waals surface area contributed by atoms with Crippen molar-refractivity contribution >= 4 is 45.4 Å². The Kier molecular flexibility index (Phi) is 4.78. The number of allylic oxidation sites excluding steroid dienone is 1. The van der Waals surface area contributed by atoms with E-state index in [1.165, 1.54) is 11.3 Å². The first-order chi connectivity index (χ1) is 11.9. The van der Waals surface area contributed by atoms with Crippen molar-refractivity contribution in [1.29, 1.82) is 0 Å². The lowest BCUT2D eigenvalue weighted by Crippen LogP contribution is -2.27. The van der Waals surface area contributed by atoms with Gasteiger partial charge in [0.2, 0.25) is 0 Å². The molecule has 2 heterocycles. The molecule has 1 unspecified atom stereocenters. The molecule has 0 saturated heterocycles. The molecule has 1 aliphatic rings. The van der Waals surface area contributed by atoms with Gasteiger partial charge in [-0.1, -0.05) is 6.07 Å². The summed E-state index contributed by atoms with van der Waals surface area (Å²) in [5.41, 5.74) is 0.662. The number of nitrogens with zero attached hydrogens (tertiary/aromatic N) is 2. The third kappa shape index (κ3) is 3.52. The maximum Gasteiger partial charge on any atom is 0.272 e. The van der Waals surface area contributed by atoms with Gasteiger partial charge in [-0.3, -0.25) is 4.79 Å². The Morgan fingerprint density at radius 1 is 1.32 bits per heavy atom. The summed E-state index contributed by atoms with van der Waals surface area (Å²) >= 11 is 1.47. The summed E-state index contributed by atoms with van der Waals surface area (Å²) in [5, 5.41) is 4.25. The van der Waals surface area contributed by atoms with Crippen LogP contribution in [-0.2, 0) is 4.79 Å². The van der Waals surface area contributed by atoms with E-state index in [1.54, 1.807) is 17.4 Å². The summed E-state index contributed by atoms with van der Waals surface area (Å²) in [7, 11) is 0.811. The second kappa shape index (κ2) is 6.85. The largest absolute Gasteiger partial charge is 0.320 e. The molecule has 0 saturated carbocycles. The Balaban J connectivity index is 1.90. The number of hydrogen-bond acceptors (Lipinski definition) is 4. The highest BCUT2D eigenvalue weighted by Crippen LogP contribution is 2.30. The molecule has 1 atom stereocenters. The first kappa shape index (κ1) is 17.4. The number of rotatable bonds is 3. The average molecular weight is 383 g/mol. The number of hydrogen-bond donors (Lipinski definition) is 1. The third-order valence-electron chi connectivity index (χ3n) is 3.38. The molecule has 0 bridgehead atoms. The maximum absolute atomic E-state index is 13.3. The van der Waals surface area contributed by atoms with E-state index in [0.29, 0.717) is 5.71 Å². The van der Waals surface area contributed by atoms with Gasteiger partial charge in [-0.15, -0.1) is 11.3 Å². The Morgan fingerprint density at radius 3 is 2.60 bits per heavy atom. The van der Waals surface area contributed by atoms with Crippen molar-refractivity contribution in [1.82, 2.24) is 4.31 Å². The summed E-state index contributed by atoms with van der Waals surface area (Å²) in [6.07, 6.45) is 1.58. The van der Waals surface area contributed by atoms with Crippen LogP contribution in [0, 0.1) is 17.5 Å². The van der Waals surface area contributed by atoms with Gasteiger partial charge in [0.05, 0.1) is 10.6 Å². The molecule has 1 aromatic carbocycles. The van der Waals surface area contributed by atoms with E-state index in [2.05, 4.69) is 15.6 Å². The van der Waals surface area contributed by atoms with Gasteiger partial charge in [0.15, 0.2) is 17.5 Å². The molecule has 2 aromatic rings. The van der Waals surface area contributed by atoms with Crippen LogP contribution < -0.4 is 5.32 Å². The predicted octanol–water partition coefficient (Wildman–Crippen LogP) is 3.95. The standard InChI is InChI=1S/C16H12F3N3OS2/c1-22-13(8-12(21-25(22)2)14-4-3-5-24-14)16(23)20-9-6-10(17)15(19)11(18)7-9/h3-8H,2H2,1H3,(H,20,23). The molecular formula is C16H12F3N3OS2. The molecule has 1 amide bonds. The average Bonchev–Trinajstić information content (AvgIpc) is 3.09. The van der Waals surface area contributed by atoms with Crippen molar-refractivity contribution < 1.29 is 18.0 Å². The molecule has 1 aromatic heterocycles. The lowest BCUT2D eigenvalue weighted by atomic mass is 10.2. The van der Waals surface area contributed by atoms with Crippen LogP contribution >= 0.6 is 22.2 Å². The molecule has 4 nitrogen and oxygen atoms in total. The van der Waals surface area contributed by atoms with Crippen LogP contribution in [0.2, 0.25) is 0 Å². The van der Waals surface area contributed by atoms with E-state index >= 15 is 0 Å². The Labute approximate surface area is 148 Å². The highest BCUT2D eigenvalue weighted by atomic mass is 32.2. The smallest absolute Gasteiger partial charge is 0.272 e. The molecule has 130 valence electrons. The zero-order valence-electron chi connectivity index (χ0n) is 12.9. The summed E-state index contributed by atoms with van der Waals surface area (Å²) in [6.45, 7) is 0. The van der Waals surface area contributed by atoms with Crippen molar-refractivity contribution in [3.05, 3.63) is 63.7 Å².